The Morgan fingerprint density at radius 3 is 2.78 bits per heavy atom. The van der Waals surface area contributed by atoms with Crippen molar-refractivity contribution in [2.24, 2.45) is 5.92 Å². The molecule has 1 amide bonds. The van der Waals surface area contributed by atoms with Gasteiger partial charge in [-0.3, -0.25) is 9.69 Å². The van der Waals surface area contributed by atoms with Crippen molar-refractivity contribution in [3.05, 3.63) is 59.7 Å². The lowest BCUT2D eigenvalue weighted by Gasteiger charge is -2.52. The third kappa shape index (κ3) is 4.92. The summed E-state index contributed by atoms with van der Waals surface area (Å²) in [6.45, 7) is 3.77. The second-order valence-corrected chi connectivity index (χ2v) is 9.04. The van der Waals surface area contributed by atoms with Gasteiger partial charge in [-0.1, -0.05) is 49.2 Å². The van der Waals surface area contributed by atoms with Crippen molar-refractivity contribution >= 4 is 5.91 Å². The molecule has 0 radical (unpaired) electrons. The Morgan fingerprint density at radius 2 is 2.00 bits per heavy atom. The Hall–Kier alpha value is -2.57. The smallest absolute Gasteiger partial charge is 0.234 e. The maximum Gasteiger partial charge on any atom is 0.234 e. The molecule has 32 heavy (non-hydrogen) atoms. The number of aliphatic hydroxyl groups is 1. The van der Waals surface area contributed by atoms with Crippen LogP contribution in [0.1, 0.15) is 56.2 Å². The quantitative estimate of drug-likeness (QED) is 0.613. The molecule has 2 aliphatic rings. The molecule has 1 saturated heterocycles. The van der Waals surface area contributed by atoms with E-state index < -0.39 is 5.60 Å². The van der Waals surface area contributed by atoms with E-state index in [1.807, 2.05) is 49.4 Å². The molecule has 2 aromatic carbocycles. The zero-order valence-corrected chi connectivity index (χ0v) is 18.8. The van der Waals surface area contributed by atoms with Crippen LogP contribution in [0.25, 0.3) is 0 Å². The van der Waals surface area contributed by atoms with Crippen molar-refractivity contribution in [1.29, 1.82) is 0 Å². The molecule has 6 nitrogen and oxygen atoms in total. The maximum atomic E-state index is 12.8. The van der Waals surface area contributed by atoms with Crippen LogP contribution in [0.3, 0.4) is 0 Å². The fraction of sp³-hybridized carbons (Fsp3) is 0.500. The average Bonchev–Trinajstić information content (AvgIpc) is 2.80. The Kier molecular flexibility index (Phi) is 7.01. The maximum absolute atomic E-state index is 12.8. The minimum atomic E-state index is -0.705. The lowest BCUT2D eigenvalue weighted by atomic mass is 9.66. The first-order chi connectivity index (χ1) is 15.5. The molecular formula is C26H34N2O4. The molecule has 1 heterocycles. The molecule has 172 valence electrons. The number of likely N-dealkylation sites (tertiary alicyclic amines) is 1. The number of hydrogen-bond acceptors (Lipinski definition) is 5. The molecule has 0 bridgehead atoms. The SMILES string of the molecule is CCOc1cc([C@@H]2[C@H]3CCCC[C@@]3(O)CCN2CC(=O)NCc2ccccc2)ccc1O. The number of phenols is 1. The molecule has 4 rings (SSSR count). The highest BCUT2D eigenvalue weighted by atomic mass is 16.5. The molecule has 3 atom stereocenters. The van der Waals surface area contributed by atoms with Gasteiger partial charge in [0.05, 0.1) is 18.8 Å². The van der Waals surface area contributed by atoms with Gasteiger partial charge in [0, 0.05) is 25.0 Å². The first-order valence-electron chi connectivity index (χ1n) is 11.7. The number of piperidine rings is 1. The van der Waals surface area contributed by atoms with Gasteiger partial charge in [0.2, 0.25) is 5.91 Å². The van der Waals surface area contributed by atoms with E-state index in [2.05, 4.69) is 10.2 Å². The van der Waals surface area contributed by atoms with Gasteiger partial charge in [-0.25, -0.2) is 0 Å². The number of amides is 1. The van der Waals surface area contributed by atoms with Crippen LogP contribution in [0.5, 0.6) is 11.5 Å². The topological polar surface area (TPSA) is 82.0 Å². The predicted molar refractivity (Wildman–Crippen MR) is 123 cm³/mol. The van der Waals surface area contributed by atoms with Crippen LogP contribution in [0.15, 0.2) is 48.5 Å². The lowest BCUT2D eigenvalue weighted by Crippen LogP contribution is -2.56. The first kappa shape index (κ1) is 22.6. The summed E-state index contributed by atoms with van der Waals surface area (Å²) in [5.41, 5.74) is 1.34. The summed E-state index contributed by atoms with van der Waals surface area (Å²) in [7, 11) is 0. The Morgan fingerprint density at radius 1 is 1.19 bits per heavy atom. The number of ether oxygens (including phenoxy) is 1. The van der Waals surface area contributed by atoms with Crippen molar-refractivity contribution in [2.45, 2.75) is 57.2 Å². The van der Waals surface area contributed by atoms with Crippen molar-refractivity contribution in [3.8, 4) is 11.5 Å². The number of nitrogens with one attached hydrogen (secondary N) is 1. The van der Waals surface area contributed by atoms with Gasteiger partial charge in [0.1, 0.15) is 0 Å². The molecule has 3 N–H and O–H groups in total. The standard InChI is InChI=1S/C26H34N2O4/c1-2-32-23-16-20(11-12-22(23)29)25-21-10-6-7-13-26(21,31)14-15-28(25)18-24(30)27-17-19-8-4-3-5-9-19/h3-5,8-9,11-12,16,21,25,29,31H,2,6-7,10,13-15,17-18H2,1H3,(H,27,30)/t21-,25-,26-/m1/s1. The molecule has 2 fully saturated rings. The van der Waals surface area contributed by atoms with Gasteiger partial charge < -0.3 is 20.3 Å². The predicted octanol–water partition coefficient (Wildman–Crippen LogP) is 3.78. The number of nitrogens with zero attached hydrogens (tertiary/aromatic N) is 1. The normalized spacial score (nSPS) is 25.7. The van der Waals surface area contributed by atoms with E-state index in [4.69, 9.17) is 4.74 Å². The van der Waals surface area contributed by atoms with Crippen molar-refractivity contribution in [3.63, 3.8) is 0 Å². The third-order valence-corrected chi connectivity index (χ3v) is 6.98. The van der Waals surface area contributed by atoms with E-state index in [9.17, 15) is 15.0 Å². The molecule has 0 aromatic heterocycles. The van der Waals surface area contributed by atoms with Crippen LogP contribution in [-0.4, -0.2) is 46.3 Å². The Balaban J connectivity index is 1.56. The summed E-state index contributed by atoms with van der Waals surface area (Å²) >= 11 is 0. The lowest BCUT2D eigenvalue weighted by molar-refractivity contribution is -0.138. The third-order valence-electron chi connectivity index (χ3n) is 6.98. The molecule has 0 unspecified atom stereocenters. The zero-order chi connectivity index (χ0) is 22.6. The number of phenolic OH excluding ortho intramolecular Hbond substituents is 1. The second-order valence-electron chi connectivity index (χ2n) is 9.04. The fourth-order valence-corrected chi connectivity index (χ4v) is 5.39. The van der Waals surface area contributed by atoms with Gasteiger partial charge in [0.15, 0.2) is 11.5 Å². The zero-order valence-electron chi connectivity index (χ0n) is 18.8. The number of carbonyl (C=O) groups excluding carboxylic acids is 1. The largest absolute Gasteiger partial charge is 0.504 e. The van der Waals surface area contributed by atoms with Crippen LogP contribution >= 0.6 is 0 Å². The van der Waals surface area contributed by atoms with Crippen molar-refractivity contribution in [2.75, 3.05) is 19.7 Å². The summed E-state index contributed by atoms with van der Waals surface area (Å²) in [5.74, 6) is 0.579. The molecule has 2 aromatic rings. The minimum absolute atomic E-state index is 0.0242. The average molecular weight is 439 g/mol. The molecule has 1 saturated carbocycles. The number of rotatable bonds is 7. The Bertz CT molecular complexity index is 919. The van der Waals surface area contributed by atoms with Gasteiger partial charge in [-0.2, -0.15) is 0 Å². The number of hydrogen-bond donors (Lipinski definition) is 3. The summed E-state index contributed by atoms with van der Waals surface area (Å²) < 4.78 is 5.62. The number of carbonyl (C=O) groups is 1. The summed E-state index contributed by atoms with van der Waals surface area (Å²) in [5, 5.41) is 24.7. The van der Waals surface area contributed by atoms with E-state index in [1.165, 1.54) is 0 Å². The fourth-order valence-electron chi connectivity index (χ4n) is 5.39. The van der Waals surface area contributed by atoms with Crippen molar-refractivity contribution in [1.82, 2.24) is 10.2 Å². The highest BCUT2D eigenvalue weighted by Gasteiger charge is 2.49. The number of benzene rings is 2. The van der Waals surface area contributed by atoms with Crippen LogP contribution in [0.4, 0.5) is 0 Å². The summed E-state index contributed by atoms with van der Waals surface area (Å²) in [6, 6.07) is 15.2. The van der Waals surface area contributed by atoms with Gasteiger partial charge >= 0.3 is 0 Å². The number of aromatic hydroxyl groups is 1. The number of fused-ring (bicyclic) bond motifs is 1. The summed E-state index contributed by atoms with van der Waals surface area (Å²) in [6.07, 6.45) is 4.52. The summed E-state index contributed by atoms with van der Waals surface area (Å²) in [4.78, 5) is 15.0. The first-order valence-corrected chi connectivity index (χ1v) is 11.7. The van der Waals surface area contributed by atoms with Gasteiger partial charge in [0.25, 0.3) is 0 Å². The highest BCUT2D eigenvalue weighted by Crippen LogP contribution is 2.50. The van der Waals surface area contributed by atoms with Gasteiger partial charge in [-0.05, 0) is 49.4 Å². The molecule has 6 heteroatoms. The van der Waals surface area contributed by atoms with Crippen LogP contribution in [0, 0.1) is 5.92 Å². The minimum Gasteiger partial charge on any atom is -0.504 e. The van der Waals surface area contributed by atoms with Crippen LogP contribution < -0.4 is 10.1 Å². The van der Waals surface area contributed by atoms with E-state index >= 15 is 0 Å². The van der Waals surface area contributed by atoms with Gasteiger partial charge in [-0.15, -0.1) is 0 Å². The molecule has 1 aliphatic heterocycles. The van der Waals surface area contributed by atoms with Crippen LogP contribution in [-0.2, 0) is 11.3 Å². The van der Waals surface area contributed by atoms with E-state index in [1.54, 1.807) is 6.07 Å². The van der Waals surface area contributed by atoms with E-state index in [0.717, 1.165) is 36.8 Å². The monoisotopic (exact) mass is 438 g/mol. The molecule has 1 aliphatic carbocycles. The van der Waals surface area contributed by atoms with E-state index in [-0.39, 0.29) is 30.2 Å². The Labute approximate surface area is 190 Å². The highest BCUT2D eigenvalue weighted by molar-refractivity contribution is 5.78. The molecular weight excluding hydrogens is 404 g/mol. The van der Waals surface area contributed by atoms with Crippen molar-refractivity contribution < 1.29 is 19.7 Å². The second kappa shape index (κ2) is 9.92. The molecule has 0 spiro atoms. The van der Waals surface area contributed by atoms with E-state index in [0.29, 0.717) is 31.9 Å². The van der Waals surface area contributed by atoms with Crippen LogP contribution in [0.2, 0.25) is 0 Å².